The zero-order valence-electron chi connectivity index (χ0n) is 45.2. The van der Waals surface area contributed by atoms with Crippen LogP contribution in [0.25, 0.3) is 0 Å². The Labute approximate surface area is 432 Å². The first-order chi connectivity index (χ1) is 34.2. The summed E-state index contributed by atoms with van der Waals surface area (Å²) >= 11 is 0. The number of nitrogens with zero attached hydrogens (tertiary/aromatic N) is 1. The maximum Gasteiger partial charge on any atom is 0.243 e. The van der Waals surface area contributed by atoms with Crippen LogP contribution in [-0.2, 0) is 44.9 Å². The summed E-state index contributed by atoms with van der Waals surface area (Å²) < 4.78 is 0. The molecule has 22 heteroatoms. The molecule has 22 nitrogen and oxygen atoms in total. The van der Waals surface area contributed by atoms with E-state index in [9.17, 15) is 38.4 Å². The van der Waals surface area contributed by atoms with Crippen molar-refractivity contribution >= 4 is 59.1 Å². The van der Waals surface area contributed by atoms with Crippen LogP contribution in [0, 0.1) is 35.0 Å². The fraction of sp³-hybridized carbons (Fsp3) is 0.686. The van der Waals surface area contributed by atoms with Crippen molar-refractivity contribution < 1.29 is 38.4 Å². The molecule has 412 valence electrons. The molecular weight excluding hydrogens is 937 g/mol. The predicted molar refractivity (Wildman–Crippen MR) is 284 cm³/mol. The summed E-state index contributed by atoms with van der Waals surface area (Å²) in [4.78, 5) is 114. The van der Waals surface area contributed by atoms with E-state index in [-0.39, 0.29) is 74.7 Å². The number of rotatable bonds is 34. The molecule has 17 N–H and O–H groups in total. The lowest BCUT2D eigenvalue weighted by molar-refractivity contribution is -0.137. The zero-order valence-corrected chi connectivity index (χ0v) is 45.2. The molecule has 0 unspecified atom stereocenters. The van der Waals surface area contributed by atoms with E-state index < -0.39 is 101 Å². The van der Waals surface area contributed by atoms with Crippen molar-refractivity contribution in [3.8, 4) is 0 Å². The van der Waals surface area contributed by atoms with Crippen molar-refractivity contribution in [2.24, 2.45) is 57.5 Å². The Morgan fingerprint density at radius 1 is 0.548 bits per heavy atom. The maximum absolute atomic E-state index is 14.4. The van der Waals surface area contributed by atoms with Gasteiger partial charge in [0, 0.05) is 25.6 Å². The van der Waals surface area contributed by atoms with Crippen molar-refractivity contribution in [3.63, 3.8) is 0 Å². The molecule has 0 aliphatic carbocycles. The van der Waals surface area contributed by atoms with Crippen molar-refractivity contribution in [2.75, 3.05) is 13.1 Å². The minimum absolute atomic E-state index is 0.0223. The molecule has 8 amide bonds. The highest BCUT2D eigenvalue weighted by Gasteiger charge is 2.36. The van der Waals surface area contributed by atoms with Gasteiger partial charge in [0.1, 0.15) is 48.1 Å². The van der Waals surface area contributed by atoms with Crippen LogP contribution in [0.4, 0.5) is 0 Å². The largest absolute Gasteiger partial charge is 0.384 e. The van der Waals surface area contributed by atoms with E-state index in [2.05, 4.69) is 47.5 Å². The van der Waals surface area contributed by atoms with Crippen LogP contribution < -0.4 is 65.5 Å². The lowest BCUT2D eigenvalue weighted by Gasteiger charge is -2.31. The van der Waals surface area contributed by atoms with E-state index in [1.165, 1.54) is 6.92 Å². The Balaban J connectivity index is 3.47. The molecule has 8 atom stereocenters. The highest BCUT2D eigenvalue weighted by atomic mass is 16.2. The van der Waals surface area contributed by atoms with E-state index in [1.807, 2.05) is 48.5 Å². The summed E-state index contributed by atoms with van der Waals surface area (Å²) in [5.74, 6) is -5.99. The lowest BCUT2D eigenvalue weighted by Crippen LogP contribution is -2.61. The molecule has 1 aromatic rings. The Morgan fingerprint density at radius 3 is 1.41 bits per heavy atom. The second kappa shape index (κ2) is 33.4. The Morgan fingerprint density at radius 2 is 0.973 bits per heavy atom. The third-order valence-corrected chi connectivity index (χ3v) is 12.0. The molecule has 0 spiro atoms. The number of amidine groups is 1. The number of nitrogen functional groups attached to an aromatic ring is 1. The standard InChI is InChI=1S/C51H90N14O8/c1-12-32(10)42(65-48(71)40(26-30(6)7)63-47(70)39(25-29(4)5)62-46(69)38(24-28(2)3)59-33(11)66)50(73)61-37(17-15-23-57-51(55)56)45(68)64-41(31(8)9)49(72)60-36(16-13-14-22-52)44(67)58-27-34-18-20-35(21-19-34)43(53)54/h18-21,28-32,36-42H,12-17,22-27,52H2,1-11H3,(H3,53,54)(H,58,67)(H,59,66)(H,60,72)(H,61,73)(H,62,69)(H,63,70)(H,64,68)(H,65,71)(H4,55,56,57)/t32-,36-,37-,38-,39-,40-,41-,42-/m0/s1. The lowest BCUT2D eigenvalue weighted by atomic mass is 9.95. The smallest absolute Gasteiger partial charge is 0.243 e. The number of carbonyl (C=O) groups is 8. The van der Waals surface area contributed by atoms with Crippen molar-refractivity contribution in [1.82, 2.24) is 42.5 Å². The third-order valence-electron chi connectivity index (χ3n) is 12.0. The molecular formula is C51H90N14O8. The number of amides is 8. The average molecular weight is 1030 g/mol. The first kappa shape index (κ1) is 64.7. The number of aliphatic imine (C=N–C) groups is 1. The molecule has 1 rings (SSSR count). The minimum Gasteiger partial charge on any atom is -0.384 e. The molecule has 0 fully saturated rings. The second-order valence-electron chi connectivity index (χ2n) is 20.6. The fourth-order valence-electron chi connectivity index (χ4n) is 7.81. The van der Waals surface area contributed by atoms with Crippen molar-refractivity contribution in [1.29, 1.82) is 5.41 Å². The molecule has 0 saturated carbocycles. The monoisotopic (exact) mass is 1030 g/mol. The van der Waals surface area contributed by atoms with Gasteiger partial charge >= 0.3 is 0 Å². The second-order valence-corrected chi connectivity index (χ2v) is 20.6. The molecule has 0 radical (unpaired) electrons. The topological polar surface area (TPSA) is 373 Å². The third kappa shape index (κ3) is 25.3. The highest BCUT2D eigenvalue weighted by molar-refractivity contribution is 5.98. The van der Waals surface area contributed by atoms with Gasteiger partial charge in [-0.3, -0.25) is 48.8 Å². The number of nitrogens with one attached hydrogen (secondary N) is 9. The van der Waals surface area contributed by atoms with Crippen LogP contribution in [0.3, 0.4) is 0 Å². The first-order valence-corrected chi connectivity index (χ1v) is 25.8. The normalized spacial score (nSPS) is 14.6. The summed E-state index contributed by atoms with van der Waals surface area (Å²) in [6.45, 7) is 20.3. The van der Waals surface area contributed by atoms with Gasteiger partial charge < -0.3 is 65.5 Å². The van der Waals surface area contributed by atoms with Gasteiger partial charge in [0.2, 0.25) is 47.3 Å². The van der Waals surface area contributed by atoms with Crippen LogP contribution in [0.2, 0.25) is 0 Å². The molecule has 0 saturated heterocycles. The zero-order chi connectivity index (χ0) is 55.5. The summed E-state index contributed by atoms with van der Waals surface area (Å²) in [6, 6.07) is -0.852. The van der Waals surface area contributed by atoms with Crippen molar-refractivity contribution in [3.05, 3.63) is 35.4 Å². The van der Waals surface area contributed by atoms with Gasteiger partial charge in [0.05, 0.1) is 0 Å². The van der Waals surface area contributed by atoms with Gasteiger partial charge in [-0.2, -0.15) is 0 Å². The SMILES string of the molecule is CC[C@H](C)[C@H](NC(=O)[C@H](CC(C)C)NC(=O)[C@H](CC(C)C)NC(=O)[C@H](CC(C)C)NC(C)=O)C(=O)N[C@@H](CCCN=C(N)N)C(=O)N[C@H](C(=O)N[C@@H](CCCCN)C(=O)NCc1ccc(C(=N)N)cc1)C(C)C. The molecule has 0 aromatic heterocycles. The van der Waals surface area contributed by atoms with E-state index in [1.54, 1.807) is 45.0 Å². The number of guanidine groups is 1. The van der Waals surface area contributed by atoms with Gasteiger partial charge in [-0.05, 0) is 93.1 Å². The predicted octanol–water partition coefficient (Wildman–Crippen LogP) is 1.02. The van der Waals surface area contributed by atoms with Crippen molar-refractivity contribution in [2.45, 2.75) is 183 Å². The van der Waals surface area contributed by atoms with Crippen LogP contribution in [0.1, 0.15) is 145 Å². The molecule has 0 aliphatic heterocycles. The number of nitrogens with two attached hydrogens (primary N) is 4. The molecule has 0 bridgehead atoms. The van der Waals surface area contributed by atoms with Crippen LogP contribution in [0.15, 0.2) is 29.3 Å². The molecule has 73 heavy (non-hydrogen) atoms. The van der Waals surface area contributed by atoms with Gasteiger partial charge in [-0.25, -0.2) is 0 Å². The quantitative estimate of drug-likeness (QED) is 0.0262. The molecule has 0 heterocycles. The number of unbranched alkanes of at least 4 members (excludes halogenated alkanes) is 1. The van der Waals surface area contributed by atoms with E-state index >= 15 is 0 Å². The van der Waals surface area contributed by atoms with Crippen LogP contribution in [-0.4, -0.2) is 114 Å². The molecule has 1 aromatic carbocycles. The fourth-order valence-corrected chi connectivity index (χ4v) is 7.81. The van der Waals surface area contributed by atoms with E-state index in [4.69, 9.17) is 28.3 Å². The van der Waals surface area contributed by atoms with Gasteiger partial charge in [-0.15, -0.1) is 0 Å². The molecule has 0 aliphatic rings. The van der Waals surface area contributed by atoms with Crippen LogP contribution >= 0.6 is 0 Å². The summed E-state index contributed by atoms with van der Waals surface area (Å²) in [5.41, 5.74) is 23.7. The van der Waals surface area contributed by atoms with E-state index in [0.29, 0.717) is 37.8 Å². The Kier molecular flexibility index (Phi) is 29.6. The number of hydrogen-bond donors (Lipinski definition) is 13. The Hall–Kier alpha value is -6.32. The van der Waals surface area contributed by atoms with Gasteiger partial charge in [0.15, 0.2) is 5.96 Å². The number of hydrogen-bond acceptors (Lipinski definition) is 11. The van der Waals surface area contributed by atoms with E-state index in [0.717, 1.165) is 5.56 Å². The Bertz CT molecular complexity index is 1990. The summed E-state index contributed by atoms with van der Waals surface area (Å²) in [5, 5.41) is 30.0. The highest BCUT2D eigenvalue weighted by Crippen LogP contribution is 2.15. The maximum atomic E-state index is 14.4. The number of carbonyl (C=O) groups excluding carboxylic acids is 8. The summed E-state index contributed by atoms with van der Waals surface area (Å²) in [6.07, 6.45) is 2.82. The first-order valence-electron chi connectivity index (χ1n) is 25.8. The van der Waals surface area contributed by atoms with Gasteiger partial charge in [0.25, 0.3) is 0 Å². The summed E-state index contributed by atoms with van der Waals surface area (Å²) in [7, 11) is 0. The van der Waals surface area contributed by atoms with Crippen LogP contribution in [0.5, 0.6) is 0 Å². The average Bonchev–Trinajstić information content (AvgIpc) is 3.30. The minimum atomic E-state index is -1.25. The number of benzene rings is 1. The van der Waals surface area contributed by atoms with Gasteiger partial charge in [-0.1, -0.05) is 99.9 Å².